The van der Waals surface area contributed by atoms with Crippen molar-refractivity contribution in [1.29, 1.82) is 0 Å². The number of carboxylic acid groups (broad SMARTS) is 1. The second kappa shape index (κ2) is 3.60. The highest BCUT2D eigenvalue weighted by Crippen LogP contribution is 2.16. The van der Waals surface area contributed by atoms with E-state index in [2.05, 4.69) is 0 Å². The van der Waals surface area contributed by atoms with Gasteiger partial charge in [0.15, 0.2) is 5.81 Å². The van der Waals surface area contributed by atoms with Crippen LogP contribution in [0.1, 0.15) is 12.8 Å². The van der Waals surface area contributed by atoms with Crippen LogP contribution >= 0.6 is 0 Å². The third kappa shape index (κ3) is 2.00. The van der Waals surface area contributed by atoms with Crippen LogP contribution in [-0.2, 0) is 4.79 Å². The zero-order chi connectivity index (χ0) is 9.14. The number of carbonyl (C=O) groups is 2. The fraction of sp³-hybridized carbons (Fsp3) is 0.714. The van der Waals surface area contributed by atoms with Gasteiger partial charge in [0, 0.05) is 13.1 Å². The number of carbonyl (C=O) groups excluding carboxylic acids is 1. The first kappa shape index (κ1) is 9.10. The first-order valence-corrected chi connectivity index (χ1v) is 4.09. The number of hydrogen-bond donors (Lipinski definition) is 1. The van der Waals surface area contributed by atoms with E-state index in [0.29, 0.717) is 25.9 Å². The van der Waals surface area contributed by atoms with E-state index in [-0.39, 0.29) is 11.7 Å². The quantitative estimate of drug-likeness (QED) is 0.540. The minimum atomic E-state index is -0.738. The first-order chi connectivity index (χ1) is 5.61. The van der Waals surface area contributed by atoms with E-state index in [1.807, 2.05) is 0 Å². The van der Waals surface area contributed by atoms with Crippen LogP contribution < -0.4 is 0 Å². The Hall–Kier alpha value is -0.995. The summed E-state index contributed by atoms with van der Waals surface area (Å²) in [5.74, 6) is -0.947. The maximum absolute atomic E-state index is 10.9. The number of aliphatic carboxylic acids is 1. The molecule has 1 aliphatic heterocycles. The first-order valence-electron chi connectivity index (χ1n) is 4.09. The molecule has 0 aromatic heterocycles. The normalized spacial score (nSPS) is 19.2. The van der Waals surface area contributed by atoms with Gasteiger partial charge in [-0.05, 0) is 12.8 Å². The van der Waals surface area contributed by atoms with Crippen LogP contribution in [-0.4, -0.2) is 42.7 Å². The van der Waals surface area contributed by atoms with Gasteiger partial charge < -0.3 is 10.0 Å². The summed E-state index contributed by atoms with van der Waals surface area (Å²) >= 11 is 0. The Bertz CT molecular complexity index is 177. The maximum atomic E-state index is 10.9. The molecule has 0 saturated carbocycles. The van der Waals surface area contributed by atoms with Crippen LogP contribution in [0.25, 0.3) is 0 Å². The number of amides is 1. The van der Waals surface area contributed by atoms with E-state index >= 15 is 0 Å². The molecular formula is C7H12BNO3. The Morgan fingerprint density at radius 2 is 1.83 bits per heavy atom. The van der Waals surface area contributed by atoms with Crippen molar-refractivity contribution in [2.24, 2.45) is 5.92 Å². The summed E-state index contributed by atoms with van der Waals surface area (Å²) in [7, 11) is 1.51. The van der Waals surface area contributed by atoms with Gasteiger partial charge in [0.1, 0.15) is 0 Å². The highest BCUT2D eigenvalue weighted by molar-refractivity contribution is 6.56. The number of hydrogen-bond acceptors (Lipinski definition) is 2. The molecule has 4 nitrogen and oxygen atoms in total. The van der Waals surface area contributed by atoms with Crippen LogP contribution in [0.15, 0.2) is 0 Å². The highest BCUT2D eigenvalue weighted by Gasteiger charge is 2.24. The molecule has 1 heterocycles. The van der Waals surface area contributed by atoms with E-state index in [1.54, 1.807) is 4.90 Å². The highest BCUT2D eigenvalue weighted by atomic mass is 16.4. The summed E-state index contributed by atoms with van der Waals surface area (Å²) in [6.45, 7) is 1.18. The fourth-order valence-corrected chi connectivity index (χ4v) is 1.44. The Labute approximate surface area is 72.0 Å². The topological polar surface area (TPSA) is 57.6 Å². The van der Waals surface area contributed by atoms with Gasteiger partial charge in [-0.3, -0.25) is 9.59 Å². The lowest BCUT2D eigenvalue weighted by Gasteiger charge is -2.29. The van der Waals surface area contributed by atoms with Crippen molar-refractivity contribution in [3.63, 3.8) is 0 Å². The Morgan fingerprint density at radius 3 is 2.17 bits per heavy atom. The molecule has 1 rings (SSSR count). The molecule has 1 amide bonds. The molecule has 0 atom stereocenters. The summed E-state index contributed by atoms with van der Waals surface area (Å²) in [6.07, 6.45) is 1.18. The summed E-state index contributed by atoms with van der Waals surface area (Å²) in [5.41, 5.74) is 0. The summed E-state index contributed by atoms with van der Waals surface area (Å²) in [5, 5.41) is 8.66. The average Bonchev–Trinajstić information content (AvgIpc) is 2.04. The Morgan fingerprint density at radius 1 is 1.33 bits per heavy atom. The lowest BCUT2D eigenvalue weighted by atomic mass is 9.95. The zero-order valence-electron chi connectivity index (χ0n) is 7.12. The van der Waals surface area contributed by atoms with E-state index in [4.69, 9.17) is 5.11 Å². The van der Waals surface area contributed by atoms with Gasteiger partial charge in [0.05, 0.1) is 5.92 Å². The minimum absolute atomic E-state index is 0.0406. The molecule has 0 aromatic carbocycles. The van der Waals surface area contributed by atoms with Gasteiger partial charge in [-0.2, -0.15) is 0 Å². The predicted molar refractivity (Wildman–Crippen MR) is 45.9 cm³/mol. The fourth-order valence-electron chi connectivity index (χ4n) is 1.44. The SMILES string of the molecule is BC(=O)N1CCC(C(=O)O)CC1. The van der Waals surface area contributed by atoms with Gasteiger partial charge in [-0.25, -0.2) is 0 Å². The lowest BCUT2D eigenvalue weighted by Crippen LogP contribution is -2.39. The van der Waals surface area contributed by atoms with Crippen LogP contribution in [0.5, 0.6) is 0 Å². The molecule has 0 spiro atoms. The molecule has 0 aromatic rings. The van der Waals surface area contributed by atoms with Crippen molar-refractivity contribution < 1.29 is 14.7 Å². The molecule has 66 valence electrons. The molecule has 0 unspecified atom stereocenters. The standard InChI is InChI=1S/C7H12BNO3/c8-7(12)9-3-1-5(2-4-9)6(10)11/h5H,1-4,8H2,(H,10,11). The van der Waals surface area contributed by atoms with Crippen LogP contribution in [0, 0.1) is 5.92 Å². The molecule has 1 fully saturated rings. The van der Waals surface area contributed by atoms with Crippen molar-refractivity contribution in [2.45, 2.75) is 12.8 Å². The number of piperidine rings is 1. The largest absolute Gasteiger partial charge is 0.481 e. The third-order valence-corrected chi connectivity index (χ3v) is 2.29. The molecule has 12 heavy (non-hydrogen) atoms. The third-order valence-electron chi connectivity index (χ3n) is 2.29. The lowest BCUT2D eigenvalue weighted by molar-refractivity contribution is -0.143. The molecule has 1 N–H and O–H groups in total. The van der Waals surface area contributed by atoms with Crippen LogP contribution in [0.4, 0.5) is 4.79 Å². The number of likely N-dealkylation sites (tertiary alicyclic amines) is 1. The maximum Gasteiger partial charge on any atom is 0.306 e. The summed E-state index contributed by atoms with van der Waals surface area (Å²) in [4.78, 5) is 23.1. The molecule has 0 aliphatic carbocycles. The van der Waals surface area contributed by atoms with Crippen molar-refractivity contribution in [1.82, 2.24) is 4.90 Å². The van der Waals surface area contributed by atoms with Crippen molar-refractivity contribution >= 4 is 19.6 Å². The molecule has 0 bridgehead atoms. The summed E-state index contributed by atoms with van der Waals surface area (Å²) < 4.78 is 0. The second-order valence-corrected chi connectivity index (χ2v) is 3.12. The minimum Gasteiger partial charge on any atom is -0.481 e. The van der Waals surface area contributed by atoms with Crippen LogP contribution in [0.2, 0.25) is 0 Å². The molecule has 1 saturated heterocycles. The molecular weight excluding hydrogens is 157 g/mol. The number of nitrogens with zero attached hydrogens (tertiary/aromatic N) is 1. The van der Waals surface area contributed by atoms with Gasteiger partial charge >= 0.3 is 5.97 Å². The second-order valence-electron chi connectivity index (χ2n) is 3.12. The van der Waals surface area contributed by atoms with Gasteiger partial charge in [-0.1, -0.05) is 0 Å². The smallest absolute Gasteiger partial charge is 0.306 e. The van der Waals surface area contributed by atoms with E-state index in [0.717, 1.165) is 0 Å². The van der Waals surface area contributed by atoms with Gasteiger partial charge in [0.2, 0.25) is 7.85 Å². The predicted octanol–water partition coefficient (Wildman–Crippen LogP) is -0.464. The monoisotopic (exact) mass is 169 g/mol. The zero-order valence-corrected chi connectivity index (χ0v) is 7.12. The molecule has 5 heteroatoms. The van der Waals surface area contributed by atoms with E-state index in [1.165, 1.54) is 7.85 Å². The summed E-state index contributed by atoms with van der Waals surface area (Å²) in [6, 6.07) is 0. The van der Waals surface area contributed by atoms with Crippen LogP contribution in [0.3, 0.4) is 0 Å². The average molecular weight is 169 g/mol. The molecule has 0 radical (unpaired) electrons. The number of carboxylic acids is 1. The Balaban J connectivity index is 2.39. The van der Waals surface area contributed by atoms with E-state index < -0.39 is 5.97 Å². The van der Waals surface area contributed by atoms with Crippen molar-refractivity contribution in [3.8, 4) is 0 Å². The van der Waals surface area contributed by atoms with E-state index in [9.17, 15) is 9.59 Å². The van der Waals surface area contributed by atoms with Crippen molar-refractivity contribution in [2.75, 3.05) is 13.1 Å². The van der Waals surface area contributed by atoms with Gasteiger partial charge in [0.25, 0.3) is 0 Å². The Kier molecular flexibility index (Phi) is 2.73. The van der Waals surface area contributed by atoms with Gasteiger partial charge in [-0.15, -0.1) is 0 Å². The number of rotatable bonds is 1. The van der Waals surface area contributed by atoms with Crippen molar-refractivity contribution in [3.05, 3.63) is 0 Å². The molecule has 1 aliphatic rings.